The fourth-order valence-corrected chi connectivity index (χ4v) is 2.15. The van der Waals surface area contributed by atoms with E-state index in [1.165, 1.54) is 32.1 Å². The van der Waals surface area contributed by atoms with Gasteiger partial charge in [0.25, 0.3) is 0 Å². The zero-order chi connectivity index (χ0) is 8.86. The maximum atomic E-state index is 5.84. The third-order valence-corrected chi connectivity index (χ3v) is 3.10. The molecule has 0 aromatic heterocycles. The smallest absolute Gasteiger partial charge is 0.00198 e. The van der Waals surface area contributed by atoms with Crippen LogP contribution in [0.25, 0.3) is 0 Å². The van der Waals surface area contributed by atoms with E-state index in [2.05, 4.69) is 12.2 Å². The molecule has 0 aromatic rings. The lowest BCUT2D eigenvalue weighted by Gasteiger charge is -2.36. The quantitative estimate of drug-likeness (QED) is 0.671. The SMILES string of the molecule is CCNCC1(CN)CCCCC1. The molecule has 0 radical (unpaired) electrons. The fourth-order valence-electron chi connectivity index (χ4n) is 2.15. The van der Waals surface area contributed by atoms with Crippen LogP contribution in [0.4, 0.5) is 0 Å². The lowest BCUT2D eigenvalue weighted by atomic mass is 9.74. The second kappa shape index (κ2) is 4.83. The summed E-state index contributed by atoms with van der Waals surface area (Å²) in [5, 5.41) is 3.43. The summed E-state index contributed by atoms with van der Waals surface area (Å²) in [5.41, 5.74) is 6.28. The maximum Gasteiger partial charge on any atom is 0.00198 e. The molecule has 0 aliphatic heterocycles. The molecule has 2 nitrogen and oxygen atoms in total. The first kappa shape index (κ1) is 10.0. The number of nitrogens with two attached hydrogens (primary N) is 1. The van der Waals surface area contributed by atoms with Crippen molar-refractivity contribution >= 4 is 0 Å². The first-order valence-corrected chi connectivity index (χ1v) is 5.24. The normalized spacial score (nSPS) is 22.5. The van der Waals surface area contributed by atoms with Gasteiger partial charge in [-0.1, -0.05) is 26.2 Å². The molecule has 0 saturated heterocycles. The first-order chi connectivity index (χ1) is 5.83. The molecule has 2 heteroatoms. The Morgan fingerprint density at radius 1 is 1.25 bits per heavy atom. The van der Waals surface area contributed by atoms with Gasteiger partial charge in [0.1, 0.15) is 0 Å². The van der Waals surface area contributed by atoms with Gasteiger partial charge in [0, 0.05) is 6.54 Å². The van der Waals surface area contributed by atoms with Crippen LogP contribution in [-0.4, -0.2) is 19.6 Å². The Morgan fingerprint density at radius 2 is 1.92 bits per heavy atom. The Bertz CT molecular complexity index is 117. The van der Waals surface area contributed by atoms with Crippen molar-refractivity contribution in [1.82, 2.24) is 5.32 Å². The maximum absolute atomic E-state index is 5.84. The highest BCUT2D eigenvalue weighted by Crippen LogP contribution is 2.34. The van der Waals surface area contributed by atoms with Gasteiger partial charge in [-0.15, -0.1) is 0 Å². The summed E-state index contributed by atoms with van der Waals surface area (Å²) in [6.45, 7) is 5.22. The van der Waals surface area contributed by atoms with E-state index < -0.39 is 0 Å². The molecule has 0 aromatic carbocycles. The van der Waals surface area contributed by atoms with Crippen LogP contribution < -0.4 is 11.1 Å². The minimum atomic E-state index is 0.439. The Kier molecular flexibility index (Phi) is 4.02. The molecule has 12 heavy (non-hydrogen) atoms. The van der Waals surface area contributed by atoms with Gasteiger partial charge in [-0.3, -0.25) is 0 Å². The van der Waals surface area contributed by atoms with Gasteiger partial charge >= 0.3 is 0 Å². The van der Waals surface area contributed by atoms with Crippen molar-refractivity contribution in [2.24, 2.45) is 11.1 Å². The monoisotopic (exact) mass is 170 g/mol. The van der Waals surface area contributed by atoms with Gasteiger partial charge in [-0.2, -0.15) is 0 Å². The van der Waals surface area contributed by atoms with Crippen LogP contribution in [0.2, 0.25) is 0 Å². The number of rotatable bonds is 4. The third kappa shape index (κ3) is 2.46. The van der Waals surface area contributed by atoms with Gasteiger partial charge in [0.05, 0.1) is 0 Å². The molecule has 0 spiro atoms. The summed E-state index contributed by atoms with van der Waals surface area (Å²) < 4.78 is 0. The van der Waals surface area contributed by atoms with Crippen molar-refractivity contribution in [3.8, 4) is 0 Å². The molecule has 0 heterocycles. The van der Waals surface area contributed by atoms with Crippen molar-refractivity contribution in [1.29, 1.82) is 0 Å². The third-order valence-electron chi connectivity index (χ3n) is 3.10. The Balaban J connectivity index is 2.37. The number of nitrogens with one attached hydrogen (secondary N) is 1. The highest BCUT2D eigenvalue weighted by molar-refractivity contribution is 4.85. The van der Waals surface area contributed by atoms with E-state index in [9.17, 15) is 0 Å². The first-order valence-electron chi connectivity index (χ1n) is 5.24. The molecule has 72 valence electrons. The van der Waals surface area contributed by atoms with E-state index in [4.69, 9.17) is 5.73 Å². The van der Waals surface area contributed by atoms with Crippen molar-refractivity contribution in [2.45, 2.75) is 39.0 Å². The highest BCUT2D eigenvalue weighted by Gasteiger charge is 2.29. The van der Waals surface area contributed by atoms with Crippen LogP contribution in [0.1, 0.15) is 39.0 Å². The van der Waals surface area contributed by atoms with E-state index in [-0.39, 0.29) is 0 Å². The Hall–Kier alpha value is -0.0800. The largest absolute Gasteiger partial charge is 0.330 e. The van der Waals surface area contributed by atoms with Crippen LogP contribution in [-0.2, 0) is 0 Å². The highest BCUT2D eigenvalue weighted by atomic mass is 14.9. The predicted molar refractivity (Wildman–Crippen MR) is 53.1 cm³/mol. The van der Waals surface area contributed by atoms with E-state index >= 15 is 0 Å². The second-order valence-corrected chi connectivity index (χ2v) is 4.05. The molecule has 1 aliphatic rings. The summed E-state index contributed by atoms with van der Waals surface area (Å²) in [6, 6.07) is 0. The second-order valence-electron chi connectivity index (χ2n) is 4.05. The van der Waals surface area contributed by atoms with Crippen molar-refractivity contribution < 1.29 is 0 Å². The molecule has 1 rings (SSSR count). The van der Waals surface area contributed by atoms with Gasteiger partial charge in [-0.25, -0.2) is 0 Å². The zero-order valence-corrected chi connectivity index (χ0v) is 8.23. The lowest BCUT2D eigenvalue weighted by molar-refractivity contribution is 0.193. The van der Waals surface area contributed by atoms with Crippen LogP contribution in [0, 0.1) is 5.41 Å². The molecule has 0 atom stereocenters. The number of hydrogen-bond acceptors (Lipinski definition) is 2. The van der Waals surface area contributed by atoms with E-state index in [1.54, 1.807) is 0 Å². The minimum Gasteiger partial charge on any atom is -0.330 e. The van der Waals surface area contributed by atoms with Crippen LogP contribution in [0.5, 0.6) is 0 Å². The minimum absolute atomic E-state index is 0.439. The molecular formula is C10H22N2. The standard InChI is InChI=1S/C10H22N2/c1-2-12-9-10(8-11)6-4-3-5-7-10/h12H,2-9,11H2,1H3. The van der Waals surface area contributed by atoms with Crippen molar-refractivity contribution in [3.05, 3.63) is 0 Å². The molecule has 0 unspecified atom stereocenters. The van der Waals surface area contributed by atoms with Crippen LogP contribution in [0.3, 0.4) is 0 Å². The van der Waals surface area contributed by atoms with E-state index in [1.807, 2.05) is 0 Å². The zero-order valence-electron chi connectivity index (χ0n) is 8.23. The van der Waals surface area contributed by atoms with Crippen molar-refractivity contribution in [2.75, 3.05) is 19.6 Å². The van der Waals surface area contributed by atoms with Gasteiger partial charge in [0.2, 0.25) is 0 Å². The molecule has 1 saturated carbocycles. The van der Waals surface area contributed by atoms with E-state index in [0.717, 1.165) is 19.6 Å². The summed E-state index contributed by atoms with van der Waals surface area (Å²) in [7, 11) is 0. The molecular weight excluding hydrogens is 148 g/mol. The van der Waals surface area contributed by atoms with E-state index in [0.29, 0.717) is 5.41 Å². The summed E-state index contributed by atoms with van der Waals surface area (Å²) in [5.74, 6) is 0. The van der Waals surface area contributed by atoms with Gasteiger partial charge in [0.15, 0.2) is 0 Å². The average Bonchev–Trinajstić information content (AvgIpc) is 2.16. The Morgan fingerprint density at radius 3 is 2.42 bits per heavy atom. The molecule has 0 bridgehead atoms. The molecule has 3 N–H and O–H groups in total. The molecule has 1 fully saturated rings. The van der Waals surface area contributed by atoms with Crippen LogP contribution in [0.15, 0.2) is 0 Å². The summed E-state index contributed by atoms with van der Waals surface area (Å²) >= 11 is 0. The summed E-state index contributed by atoms with van der Waals surface area (Å²) in [4.78, 5) is 0. The lowest BCUT2D eigenvalue weighted by Crippen LogP contribution is -2.41. The predicted octanol–water partition coefficient (Wildman–Crippen LogP) is 1.51. The number of hydrogen-bond donors (Lipinski definition) is 2. The van der Waals surface area contributed by atoms with Gasteiger partial charge in [-0.05, 0) is 31.3 Å². The topological polar surface area (TPSA) is 38.0 Å². The average molecular weight is 170 g/mol. The van der Waals surface area contributed by atoms with Crippen LogP contribution >= 0.6 is 0 Å². The van der Waals surface area contributed by atoms with Gasteiger partial charge < -0.3 is 11.1 Å². The fraction of sp³-hybridized carbons (Fsp3) is 1.00. The Labute approximate surface area is 75.9 Å². The molecule has 1 aliphatic carbocycles. The molecule has 0 amide bonds. The summed E-state index contributed by atoms with van der Waals surface area (Å²) in [6.07, 6.45) is 6.83. The van der Waals surface area contributed by atoms with Crippen molar-refractivity contribution in [3.63, 3.8) is 0 Å².